The molecule has 24 heavy (non-hydrogen) atoms. The van der Waals surface area contributed by atoms with E-state index in [0.29, 0.717) is 0 Å². The normalized spacial score (nSPS) is 11.1. The number of hydrogen-bond donors (Lipinski definition) is 1. The minimum Gasteiger partial charge on any atom is -0.399 e. The van der Waals surface area contributed by atoms with Crippen LogP contribution in [0, 0.1) is 0 Å². The lowest BCUT2D eigenvalue weighted by molar-refractivity contribution is 0.214. The lowest BCUT2D eigenvalue weighted by Gasteiger charge is -2.10. The highest BCUT2D eigenvalue weighted by molar-refractivity contribution is 6.12. The molecule has 0 atom stereocenters. The number of benzene rings is 3. The van der Waals surface area contributed by atoms with Crippen LogP contribution in [0.5, 0.6) is 0 Å². The molecule has 0 aliphatic heterocycles. The first-order chi connectivity index (χ1) is 11.9. The van der Waals surface area contributed by atoms with Gasteiger partial charge in [-0.15, -0.1) is 0 Å². The summed E-state index contributed by atoms with van der Waals surface area (Å²) in [6.45, 7) is 0.757. The molecule has 0 bridgehead atoms. The van der Waals surface area contributed by atoms with E-state index in [-0.39, 0.29) is 0 Å². The Labute approximate surface area is 142 Å². The van der Waals surface area contributed by atoms with E-state index >= 15 is 0 Å². The Kier molecular flexibility index (Phi) is 5.25. The van der Waals surface area contributed by atoms with Gasteiger partial charge in [-0.05, 0) is 23.8 Å². The van der Waals surface area contributed by atoms with Crippen molar-refractivity contribution in [2.24, 2.45) is 5.16 Å². The van der Waals surface area contributed by atoms with Crippen LogP contribution in [0.25, 0.3) is 0 Å². The number of nitrogens with zero attached hydrogens (tertiary/aromatic N) is 1. The quantitative estimate of drug-likeness (QED) is 0.528. The lowest BCUT2D eigenvalue weighted by atomic mass is 10.0. The van der Waals surface area contributed by atoms with Crippen molar-refractivity contribution in [1.29, 1.82) is 0 Å². The van der Waals surface area contributed by atoms with Gasteiger partial charge >= 0.3 is 0 Å². The molecule has 0 amide bonds. The first-order valence-corrected chi connectivity index (χ1v) is 7.91. The third-order valence-electron chi connectivity index (χ3n) is 3.70. The van der Waals surface area contributed by atoms with Crippen molar-refractivity contribution in [2.75, 3.05) is 12.4 Å². The number of rotatable bonds is 6. The molecule has 3 rings (SSSR count). The molecule has 0 saturated carbocycles. The Balaban J connectivity index is 1.82. The first kappa shape index (κ1) is 15.8. The first-order valence-electron chi connectivity index (χ1n) is 7.91. The van der Waals surface area contributed by atoms with Gasteiger partial charge < -0.3 is 10.2 Å². The fourth-order valence-corrected chi connectivity index (χ4v) is 2.55. The Hall–Kier alpha value is -3.07. The molecule has 0 unspecified atom stereocenters. The van der Waals surface area contributed by atoms with Crippen LogP contribution in [0.1, 0.15) is 16.7 Å². The molecule has 0 fully saturated rings. The molecular weight excluding hydrogens is 296 g/mol. The maximum Gasteiger partial charge on any atom is 0.117 e. The van der Waals surface area contributed by atoms with Gasteiger partial charge in [0.1, 0.15) is 12.8 Å². The molecule has 0 radical (unpaired) electrons. The average Bonchev–Trinajstić information content (AvgIpc) is 2.66. The van der Waals surface area contributed by atoms with Crippen molar-refractivity contribution >= 4 is 11.4 Å². The fraction of sp³-hybridized carbons (Fsp3) is 0.0952. The van der Waals surface area contributed by atoms with E-state index in [1.54, 1.807) is 7.11 Å². The van der Waals surface area contributed by atoms with Crippen LogP contribution in [-0.4, -0.2) is 12.8 Å². The Morgan fingerprint density at radius 3 is 2.21 bits per heavy atom. The maximum absolute atomic E-state index is 5.05. The smallest absolute Gasteiger partial charge is 0.117 e. The van der Waals surface area contributed by atoms with Crippen molar-refractivity contribution in [3.8, 4) is 0 Å². The summed E-state index contributed by atoms with van der Waals surface area (Å²) in [5, 5.41) is 7.65. The van der Waals surface area contributed by atoms with E-state index in [2.05, 4.69) is 40.8 Å². The van der Waals surface area contributed by atoms with E-state index in [9.17, 15) is 0 Å². The van der Waals surface area contributed by atoms with Gasteiger partial charge in [-0.1, -0.05) is 71.9 Å². The van der Waals surface area contributed by atoms with Crippen LogP contribution in [0.3, 0.4) is 0 Å². The van der Waals surface area contributed by atoms with Crippen molar-refractivity contribution in [1.82, 2.24) is 0 Å². The van der Waals surface area contributed by atoms with Crippen molar-refractivity contribution in [3.05, 3.63) is 102 Å². The molecule has 1 N–H and O–H groups in total. The van der Waals surface area contributed by atoms with Crippen molar-refractivity contribution in [3.63, 3.8) is 0 Å². The monoisotopic (exact) mass is 316 g/mol. The van der Waals surface area contributed by atoms with Gasteiger partial charge in [-0.3, -0.25) is 0 Å². The van der Waals surface area contributed by atoms with Crippen molar-refractivity contribution < 1.29 is 4.84 Å². The molecule has 3 nitrogen and oxygen atoms in total. The van der Waals surface area contributed by atoms with Gasteiger partial charge in [-0.25, -0.2) is 0 Å². The number of para-hydroxylation sites is 1. The fourth-order valence-electron chi connectivity index (χ4n) is 2.55. The van der Waals surface area contributed by atoms with Gasteiger partial charge in [0.05, 0.1) is 0 Å². The summed E-state index contributed by atoms with van der Waals surface area (Å²) in [5.41, 5.74) is 5.20. The molecule has 3 aromatic carbocycles. The largest absolute Gasteiger partial charge is 0.399 e. The second-order valence-electron chi connectivity index (χ2n) is 5.41. The van der Waals surface area contributed by atoms with Crippen LogP contribution in [0.4, 0.5) is 5.69 Å². The SMILES string of the molecule is CO/N=C(\c1ccccc1)c1cccc(CNc2ccccc2)c1. The highest BCUT2D eigenvalue weighted by Crippen LogP contribution is 2.15. The second kappa shape index (κ2) is 7.97. The van der Waals surface area contributed by atoms with E-state index in [1.165, 1.54) is 5.56 Å². The third-order valence-corrected chi connectivity index (χ3v) is 3.70. The zero-order valence-electron chi connectivity index (χ0n) is 13.6. The molecule has 0 heterocycles. The molecule has 120 valence electrons. The Morgan fingerprint density at radius 2 is 1.50 bits per heavy atom. The van der Waals surface area contributed by atoms with E-state index in [4.69, 9.17) is 4.84 Å². The van der Waals surface area contributed by atoms with E-state index in [0.717, 1.165) is 29.1 Å². The number of nitrogens with one attached hydrogen (secondary N) is 1. The zero-order chi connectivity index (χ0) is 16.6. The zero-order valence-corrected chi connectivity index (χ0v) is 13.6. The van der Waals surface area contributed by atoms with Crippen LogP contribution in [0.2, 0.25) is 0 Å². The van der Waals surface area contributed by atoms with E-state index < -0.39 is 0 Å². The summed E-state index contributed by atoms with van der Waals surface area (Å²) in [5.74, 6) is 0. The summed E-state index contributed by atoms with van der Waals surface area (Å²) in [7, 11) is 1.57. The maximum atomic E-state index is 5.05. The Bertz CT molecular complexity index is 798. The van der Waals surface area contributed by atoms with E-state index in [1.807, 2.05) is 54.6 Å². The molecule has 0 aromatic heterocycles. The number of anilines is 1. The third kappa shape index (κ3) is 4.02. The van der Waals surface area contributed by atoms with Gasteiger partial charge in [-0.2, -0.15) is 0 Å². The molecule has 0 aliphatic carbocycles. The standard InChI is InChI=1S/C21H20N2O/c1-24-23-21(18-10-4-2-5-11-18)19-12-8-9-17(15-19)16-22-20-13-6-3-7-14-20/h2-15,22H,16H2,1H3/b23-21+. The predicted octanol–water partition coefficient (Wildman–Crippen LogP) is 4.70. The summed E-state index contributed by atoms with van der Waals surface area (Å²) in [6.07, 6.45) is 0. The summed E-state index contributed by atoms with van der Waals surface area (Å²) in [4.78, 5) is 5.05. The molecule has 0 spiro atoms. The summed E-state index contributed by atoms with van der Waals surface area (Å²) in [6, 6.07) is 28.6. The van der Waals surface area contributed by atoms with Gasteiger partial charge in [0.15, 0.2) is 0 Å². The summed E-state index contributed by atoms with van der Waals surface area (Å²) < 4.78 is 0. The van der Waals surface area contributed by atoms with Gasteiger partial charge in [0, 0.05) is 23.4 Å². The van der Waals surface area contributed by atoms with Gasteiger partial charge in [0.25, 0.3) is 0 Å². The molecule has 3 heteroatoms. The molecule has 0 saturated heterocycles. The number of oxime groups is 1. The molecule has 3 aromatic rings. The predicted molar refractivity (Wildman–Crippen MR) is 99.3 cm³/mol. The minimum absolute atomic E-state index is 0.757. The molecular formula is C21H20N2O. The lowest BCUT2D eigenvalue weighted by Crippen LogP contribution is -2.06. The molecule has 0 aliphatic rings. The van der Waals surface area contributed by atoms with Crippen molar-refractivity contribution in [2.45, 2.75) is 6.54 Å². The van der Waals surface area contributed by atoms with Crippen LogP contribution < -0.4 is 5.32 Å². The van der Waals surface area contributed by atoms with Gasteiger partial charge in [0.2, 0.25) is 0 Å². The van der Waals surface area contributed by atoms with Crippen LogP contribution in [-0.2, 0) is 11.4 Å². The highest BCUT2D eigenvalue weighted by atomic mass is 16.6. The topological polar surface area (TPSA) is 33.6 Å². The van der Waals surface area contributed by atoms with Crippen LogP contribution >= 0.6 is 0 Å². The summed E-state index contributed by atoms with van der Waals surface area (Å²) >= 11 is 0. The number of hydrogen-bond acceptors (Lipinski definition) is 3. The minimum atomic E-state index is 0.757. The second-order valence-corrected chi connectivity index (χ2v) is 5.41. The van der Waals surface area contributed by atoms with Crippen LogP contribution in [0.15, 0.2) is 90.1 Å². The average molecular weight is 316 g/mol. The highest BCUT2D eigenvalue weighted by Gasteiger charge is 2.08. The Morgan fingerprint density at radius 1 is 0.833 bits per heavy atom.